The number of pyridine rings is 1. The minimum atomic E-state index is -4.76. The van der Waals surface area contributed by atoms with Crippen LogP contribution in [0.4, 0.5) is 18.9 Å². The lowest BCUT2D eigenvalue weighted by atomic mass is 10.1. The Morgan fingerprint density at radius 3 is 2.46 bits per heavy atom. The number of hydrogen-bond donors (Lipinski definition) is 2. The molecule has 2 aliphatic rings. The Hall–Kier alpha value is -4.76. The Balaban J connectivity index is 1.12. The summed E-state index contributed by atoms with van der Waals surface area (Å²) in [7, 11) is 1.43. The first-order chi connectivity index (χ1) is 22.9. The van der Waals surface area contributed by atoms with Gasteiger partial charge >= 0.3 is 6.18 Å². The van der Waals surface area contributed by atoms with E-state index in [2.05, 4.69) is 20.4 Å². The molecule has 1 aliphatic heterocycles. The number of carbonyl (C=O) groups is 3. The van der Waals surface area contributed by atoms with Crippen molar-refractivity contribution in [1.29, 1.82) is 0 Å². The number of rotatable bonds is 7. The Bertz CT molecular complexity index is 1830. The highest BCUT2D eigenvalue weighted by atomic mass is 35.5. The number of nitrogens with two attached hydrogens (primary N) is 1. The van der Waals surface area contributed by atoms with E-state index >= 15 is 0 Å². The molecule has 0 bridgehead atoms. The summed E-state index contributed by atoms with van der Waals surface area (Å²) < 4.78 is 44.4. The van der Waals surface area contributed by atoms with Gasteiger partial charge in [-0.2, -0.15) is 18.3 Å². The van der Waals surface area contributed by atoms with Crippen LogP contribution in [-0.2, 0) is 24.6 Å². The first kappa shape index (κ1) is 33.2. The van der Waals surface area contributed by atoms with Crippen LogP contribution in [0.5, 0.6) is 0 Å². The van der Waals surface area contributed by atoms with Gasteiger partial charge in [-0.1, -0.05) is 17.7 Å². The number of aromatic nitrogens is 5. The van der Waals surface area contributed by atoms with Crippen molar-refractivity contribution in [3.05, 3.63) is 82.8 Å². The van der Waals surface area contributed by atoms with Gasteiger partial charge in [0.05, 0.1) is 34.6 Å². The van der Waals surface area contributed by atoms with E-state index in [-0.39, 0.29) is 63.7 Å². The quantitative estimate of drug-likeness (QED) is 0.299. The maximum absolute atomic E-state index is 14.0. The largest absolute Gasteiger partial charge is 0.435 e. The topological polar surface area (TPSA) is 144 Å². The van der Waals surface area contributed by atoms with Crippen LogP contribution in [-0.4, -0.2) is 84.1 Å². The predicted octanol–water partition coefficient (Wildman–Crippen LogP) is 4.06. The maximum atomic E-state index is 14.0. The van der Waals surface area contributed by atoms with Crippen LogP contribution >= 0.6 is 11.6 Å². The van der Waals surface area contributed by atoms with Gasteiger partial charge in [0.1, 0.15) is 0 Å². The molecule has 16 heteroatoms. The number of nitrogens with zero attached hydrogens (tertiary/aromatic N) is 7. The number of anilines is 1. The molecule has 1 saturated carbocycles. The van der Waals surface area contributed by atoms with E-state index in [9.17, 15) is 27.6 Å². The Morgan fingerprint density at radius 1 is 1.06 bits per heavy atom. The van der Waals surface area contributed by atoms with Crippen LogP contribution in [0.3, 0.4) is 0 Å². The van der Waals surface area contributed by atoms with Gasteiger partial charge in [0.15, 0.2) is 11.5 Å². The van der Waals surface area contributed by atoms with Gasteiger partial charge in [-0.05, 0) is 49.1 Å². The second-order valence-electron chi connectivity index (χ2n) is 12.0. The molecule has 0 radical (unpaired) electrons. The molecule has 48 heavy (non-hydrogen) atoms. The summed E-state index contributed by atoms with van der Waals surface area (Å²) in [4.78, 5) is 50.8. The molecule has 0 unspecified atom stereocenters. The standard InChI is InChI=1S/C32H33ClF3N9O3/c1-42-26(24-18-45(41-27(24)32(34,35)36)17-19-3-2-8-38-15-19)16-39-28(42)29(46)40-22-6-7-23(25(33)14-22)31(48)44-11-9-43(10-12-44)30(47)20-4-5-21(37)13-20/h2-3,6-8,14-16,18,20-21H,4-5,9-13,17,37H2,1H3,(H,40,46)/t20-,21+/m0/s1. The van der Waals surface area contributed by atoms with Crippen molar-refractivity contribution in [2.45, 2.75) is 38.0 Å². The lowest BCUT2D eigenvalue weighted by molar-refractivity contribution is -0.141. The molecular formula is C32H33ClF3N9O3. The minimum absolute atomic E-state index is 0.0394. The summed E-state index contributed by atoms with van der Waals surface area (Å²) >= 11 is 6.47. The molecule has 2 fully saturated rings. The zero-order chi connectivity index (χ0) is 34.2. The number of benzene rings is 1. The fourth-order valence-corrected chi connectivity index (χ4v) is 6.46. The van der Waals surface area contributed by atoms with Gasteiger partial charge in [0.25, 0.3) is 11.8 Å². The van der Waals surface area contributed by atoms with Crippen molar-refractivity contribution in [2.24, 2.45) is 18.7 Å². The smallest absolute Gasteiger partial charge is 0.339 e. The van der Waals surface area contributed by atoms with E-state index < -0.39 is 17.8 Å². The minimum Gasteiger partial charge on any atom is -0.339 e. The van der Waals surface area contributed by atoms with Crippen LogP contribution in [0.15, 0.2) is 55.1 Å². The number of imidazole rings is 1. The number of piperazine rings is 1. The molecule has 3 N–H and O–H groups in total. The molecule has 3 amide bonds. The van der Waals surface area contributed by atoms with Crippen molar-refractivity contribution in [3.63, 3.8) is 0 Å². The molecule has 1 saturated heterocycles. The van der Waals surface area contributed by atoms with E-state index in [1.54, 1.807) is 28.1 Å². The van der Waals surface area contributed by atoms with Gasteiger partial charge < -0.3 is 25.4 Å². The first-order valence-electron chi connectivity index (χ1n) is 15.4. The molecule has 3 aromatic heterocycles. The number of carbonyl (C=O) groups excluding carboxylic acids is 3. The molecule has 252 valence electrons. The fourth-order valence-electron chi connectivity index (χ4n) is 6.20. The Morgan fingerprint density at radius 2 is 1.81 bits per heavy atom. The van der Waals surface area contributed by atoms with Crippen molar-refractivity contribution in [1.82, 2.24) is 34.1 Å². The third-order valence-electron chi connectivity index (χ3n) is 8.72. The molecule has 12 nitrogen and oxygen atoms in total. The van der Waals surface area contributed by atoms with Crippen LogP contribution in [0, 0.1) is 5.92 Å². The van der Waals surface area contributed by atoms with Crippen LogP contribution in [0.2, 0.25) is 5.02 Å². The second-order valence-corrected chi connectivity index (χ2v) is 12.4. The van der Waals surface area contributed by atoms with Gasteiger partial charge in [-0.25, -0.2) is 4.98 Å². The number of amides is 3. The van der Waals surface area contributed by atoms with Crippen molar-refractivity contribution >= 4 is 35.0 Å². The average molecular weight is 684 g/mol. The molecule has 1 aromatic carbocycles. The van der Waals surface area contributed by atoms with E-state index in [1.807, 2.05) is 0 Å². The van der Waals surface area contributed by atoms with Gasteiger partial charge in [0.2, 0.25) is 5.91 Å². The van der Waals surface area contributed by atoms with E-state index in [0.29, 0.717) is 38.2 Å². The summed E-state index contributed by atoms with van der Waals surface area (Å²) in [6.45, 7) is 1.62. The zero-order valence-corrected chi connectivity index (χ0v) is 26.7. The highest BCUT2D eigenvalue weighted by Gasteiger charge is 2.39. The monoisotopic (exact) mass is 683 g/mol. The van der Waals surface area contributed by atoms with E-state index in [4.69, 9.17) is 17.3 Å². The normalized spacial score (nSPS) is 18.3. The Kier molecular flexibility index (Phi) is 9.25. The predicted molar refractivity (Wildman–Crippen MR) is 170 cm³/mol. The number of nitrogens with one attached hydrogen (secondary N) is 1. The van der Waals surface area contributed by atoms with Gasteiger partial charge in [0, 0.05) is 69.5 Å². The highest BCUT2D eigenvalue weighted by molar-refractivity contribution is 6.34. The number of hydrogen-bond acceptors (Lipinski definition) is 7. The zero-order valence-electron chi connectivity index (χ0n) is 26.0. The van der Waals surface area contributed by atoms with Crippen molar-refractivity contribution in [3.8, 4) is 11.3 Å². The van der Waals surface area contributed by atoms with E-state index in [0.717, 1.165) is 12.8 Å². The molecule has 1 aliphatic carbocycles. The van der Waals surface area contributed by atoms with Crippen molar-refractivity contribution in [2.75, 3.05) is 31.5 Å². The van der Waals surface area contributed by atoms with Crippen LogP contribution in [0.1, 0.15) is 51.5 Å². The second kappa shape index (κ2) is 13.4. The van der Waals surface area contributed by atoms with Gasteiger partial charge in [-0.15, -0.1) is 0 Å². The molecule has 6 rings (SSSR count). The number of alkyl halides is 3. The van der Waals surface area contributed by atoms with Crippen molar-refractivity contribution < 1.29 is 27.6 Å². The maximum Gasteiger partial charge on any atom is 0.435 e. The molecule has 2 atom stereocenters. The molecule has 4 aromatic rings. The number of halogens is 4. The summed E-state index contributed by atoms with van der Waals surface area (Å²) in [6, 6.07) is 7.88. The van der Waals surface area contributed by atoms with Gasteiger partial charge in [-0.3, -0.25) is 24.0 Å². The third kappa shape index (κ3) is 6.92. The van der Waals surface area contributed by atoms with Crippen LogP contribution in [0.25, 0.3) is 11.3 Å². The van der Waals surface area contributed by atoms with Crippen LogP contribution < -0.4 is 11.1 Å². The SMILES string of the molecule is Cn1c(-c2cn(Cc3cccnc3)nc2C(F)(F)F)cnc1C(=O)Nc1ccc(C(=O)N2CCN(C(=O)[C@H]3CC[C@@H](N)C3)CC2)c(Cl)c1. The molecule has 4 heterocycles. The lowest BCUT2D eigenvalue weighted by Crippen LogP contribution is -2.51. The first-order valence-corrected chi connectivity index (χ1v) is 15.8. The molecule has 0 spiro atoms. The third-order valence-corrected chi connectivity index (χ3v) is 9.04. The summed E-state index contributed by atoms with van der Waals surface area (Å²) in [5.41, 5.74) is 5.82. The fraction of sp³-hybridized carbons (Fsp3) is 0.375. The summed E-state index contributed by atoms with van der Waals surface area (Å²) in [5.74, 6) is -1.12. The lowest BCUT2D eigenvalue weighted by Gasteiger charge is -2.36. The van der Waals surface area contributed by atoms with E-state index in [1.165, 1.54) is 53.1 Å². The molecular weight excluding hydrogens is 651 g/mol. The average Bonchev–Trinajstić information content (AvgIpc) is 3.79. The summed E-state index contributed by atoms with van der Waals surface area (Å²) in [6.07, 6.45) is 3.10. The highest BCUT2D eigenvalue weighted by Crippen LogP contribution is 2.36. The summed E-state index contributed by atoms with van der Waals surface area (Å²) in [5, 5.41) is 6.52. The Labute approximate surface area is 278 Å².